The predicted octanol–water partition coefficient (Wildman–Crippen LogP) is 4.00. The molecule has 2 aromatic carbocycles. The lowest BCUT2D eigenvalue weighted by Gasteiger charge is -2.24. The Kier molecular flexibility index (Phi) is 5.27. The van der Waals surface area contributed by atoms with E-state index < -0.39 is 10.0 Å². The Balaban J connectivity index is 1.78. The first-order valence-corrected chi connectivity index (χ1v) is 11.7. The molecule has 8 heteroatoms. The molecule has 0 aliphatic heterocycles. The van der Waals surface area contributed by atoms with Crippen molar-refractivity contribution in [3.63, 3.8) is 0 Å². The maximum Gasteiger partial charge on any atom is 0.229 e. The van der Waals surface area contributed by atoms with E-state index in [-0.39, 0.29) is 5.95 Å². The van der Waals surface area contributed by atoms with E-state index in [0.29, 0.717) is 11.7 Å². The van der Waals surface area contributed by atoms with Crippen LogP contribution in [0.1, 0.15) is 32.1 Å². The van der Waals surface area contributed by atoms with Crippen LogP contribution in [0.5, 0.6) is 0 Å². The van der Waals surface area contributed by atoms with Crippen molar-refractivity contribution < 1.29 is 8.42 Å². The Morgan fingerprint density at radius 3 is 2.55 bits per heavy atom. The van der Waals surface area contributed by atoms with E-state index in [1.54, 1.807) is 12.1 Å². The van der Waals surface area contributed by atoms with Crippen molar-refractivity contribution in [3.8, 4) is 11.1 Å². The van der Waals surface area contributed by atoms with E-state index in [1.807, 2.05) is 30.3 Å². The second-order valence-corrected chi connectivity index (χ2v) is 9.31. The number of benzene rings is 2. The van der Waals surface area contributed by atoms with Gasteiger partial charge < -0.3 is 11.1 Å². The average Bonchev–Trinajstić information content (AvgIpc) is 2.68. The van der Waals surface area contributed by atoms with Gasteiger partial charge in [-0.15, -0.1) is 0 Å². The molecule has 152 valence electrons. The van der Waals surface area contributed by atoms with E-state index >= 15 is 0 Å². The first-order chi connectivity index (χ1) is 13.9. The van der Waals surface area contributed by atoms with Gasteiger partial charge in [0.1, 0.15) is 5.82 Å². The van der Waals surface area contributed by atoms with Crippen LogP contribution in [0.3, 0.4) is 0 Å². The van der Waals surface area contributed by atoms with E-state index in [4.69, 9.17) is 5.73 Å². The van der Waals surface area contributed by atoms with Crippen molar-refractivity contribution in [1.29, 1.82) is 0 Å². The Labute approximate surface area is 170 Å². The highest BCUT2D eigenvalue weighted by molar-refractivity contribution is 7.92. The standard InChI is InChI=1S/C21H25N5O2S/c1-29(27,28)26-19-10-6-5-9-16(19)14-11-12-18-17(13-14)20(25-21(22)24-18)23-15-7-3-2-4-8-15/h5-6,9-13,15,26H,2-4,7-8H2,1H3,(H3,22,23,24,25). The molecule has 0 unspecified atom stereocenters. The van der Waals surface area contributed by atoms with Crippen molar-refractivity contribution in [3.05, 3.63) is 42.5 Å². The third kappa shape index (κ3) is 4.59. The molecular weight excluding hydrogens is 386 g/mol. The van der Waals surface area contributed by atoms with Crippen LogP contribution in [-0.4, -0.2) is 30.7 Å². The summed E-state index contributed by atoms with van der Waals surface area (Å²) in [5.41, 5.74) is 8.90. The van der Waals surface area contributed by atoms with Crippen LogP contribution in [0.2, 0.25) is 0 Å². The number of nitrogens with one attached hydrogen (secondary N) is 2. The third-order valence-electron chi connectivity index (χ3n) is 5.19. The quantitative estimate of drug-likeness (QED) is 0.585. The van der Waals surface area contributed by atoms with Crippen molar-refractivity contribution >= 4 is 38.4 Å². The normalized spacial score (nSPS) is 15.3. The molecular formula is C21H25N5O2S. The maximum atomic E-state index is 11.8. The van der Waals surface area contributed by atoms with Gasteiger partial charge in [0.25, 0.3) is 0 Å². The lowest BCUT2D eigenvalue weighted by atomic mass is 9.95. The number of nitrogens with two attached hydrogens (primary N) is 1. The molecule has 1 aromatic heterocycles. The average molecular weight is 412 g/mol. The monoisotopic (exact) mass is 411 g/mol. The SMILES string of the molecule is CS(=O)(=O)Nc1ccccc1-c1ccc2nc(N)nc(NC3CCCCC3)c2c1. The fraction of sp³-hybridized carbons (Fsp3) is 0.333. The van der Waals surface area contributed by atoms with Crippen LogP contribution in [0.25, 0.3) is 22.0 Å². The third-order valence-corrected chi connectivity index (χ3v) is 5.78. The zero-order chi connectivity index (χ0) is 20.4. The number of para-hydroxylation sites is 1. The van der Waals surface area contributed by atoms with Gasteiger partial charge in [-0.3, -0.25) is 4.72 Å². The Bertz CT molecular complexity index is 1140. The highest BCUT2D eigenvalue weighted by Gasteiger charge is 2.17. The van der Waals surface area contributed by atoms with Gasteiger partial charge in [0, 0.05) is 17.0 Å². The number of hydrogen-bond donors (Lipinski definition) is 3. The molecule has 0 radical (unpaired) electrons. The molecule has 1 aliphatic carbocycles. The number of nitrogen functional groups attached to an aromatic ring is 1. The topological polar surface area (TPSA) is 110 Å². The number of anilines is 3. The molecule has 0 atom stereocenters. The molecule has 0 bridgehead atoms. The van der Waals surface area contributed by atoms with Crippen LogP contribution in [0.15, 0.2) is 42.5 Å². The van der Waals surface area contributed by atoms with Gasteiger partial charge in [-0.2, -0.15) is 4.98 Å². The van der Waals surface area contributed by atoms with E-state index in [0.717, 1.165) is 46.9 Å². The van der Waals surface area contributed by atoms with Gasteiger partial charge in [-0.25, -0.2) is 13.4 Å². The van der Waals surface area contributed by atoms with Crippen LogP contribution >= 0.6 is 0 Å². The fourth-order valence-corrected chi connectivity index (χ4v) is 4.47. The summed E-state index contributed by atoms with van der Waals surface area (Å²) in [6.07, 6.45) is 7.09. The predicted molar refractivity (Wildman–Crippen MR) is 118 cm³/mol. The lowest BCUT2D eigenvalue weighted by molar-refractivity contribution is 0.462. The molecule has 7 nitrogen and oxygen atoms in total. The molecule has 1 aliphatic rings. The molecule has 1 fully saturated rings. The lowest BCUT2D eigenvalue weighted by Crippen LogP contribution is -2.23. The second-order valence-electron chi connectivity index (χ2n) is 7.56. The van der Waals surface area contributed by atoms with Gasteiger partial charge in [-0.1, -0.05) is 43.5 Å². The number of rotatable bonds is 5. The summed E-state index contributed by atoms with van der Waals surface area (Å²) < 4.78 is 26.1. The fourth-order valence-electron chi connectivity index (χ4n) is 3.89. The van der Waals surface area contributed by atoms with Crippen molar-refractivity contribution in [2.45, 2.75) is 38.1 Å². The molecule has 0 amide bonds. The Morgan fingerprint density at radius 1 is 1.03 bits per heavy atom. The summed E-state index contributed by atoms with van der Waals surface area (Å²) in [4.78, 5) is 8.82. The number of aromatic nitrogens is 2. The highest BCUT2D eigenvalue weighted by atomic mass is 32.2. The van der Waals surface area contributed by atoms with E-state index in [2.05, 4.69) is 20.0 Å². The smallest absolute Gasteiger partial charge is 0.229 e. The van der Waals surface area contributed by atoms with Crippen molar-refractivity contribution in [1.82, 2.24) is 9.97 Å². The first kappa shape index (κ1) is 19.4. The summed E-state index contributed by atoms with van der Waals surface area (Å²) in [6, 6.07) is 13.5. The van der Waals surface area contributed by atoms with Gasteiger partial charge in [-0.05, 0) is 36.6 Å². The zero-order valence-electron chi connectivity index (χ0n) is 16.4. The molecule has 29 heavy (non-hydrogen) atoms. The molecule has 4 rings (SSSR count). The van der Waals surface area contributed by atoms with Gasteiger partial charge >= 0.3 is 0 Å². The minimum Gasteiger partial charge on any atom is -0.368 e. The summed E-state index contributed by atoms with van der Waals surface area (Å²) in [6.45, 7) is 0. The minimum atomic E-state index is -3.39. The summed E-state index contributed by atoms with van der Waals surface area (Å²) >= 11 is 0. The molecule has 0 saturated heterocycles. The van der Waals surface area contributed by atoms with Crippen molar-refractivity contribution in [2.24, 2.45) is 0 Å². The minimum absolute atomic E-state index is 0.239. The summed E-state index contributed by atoms with van der Waals surface area (Å²) in [5, 5.41) is 4.43. The van der Waals surface area contributed by atoms with E-state index in [1.165, 1.54) is 19.3 Å². The summed E-state index contributed by atoms with van der Waals surface area (Å²) in [7, 11) is -3.39. The first-order valence-electron chi connectivity index (χ1n) is 9.80. The molecule has 3 aromatic rings. The van der Waals surface area contributed by atoms with Gasteiger partial charge in [0.05, 0.1) is 17.5 Å². The largest absolute Gasteiger partial charge is 0.368 e. The van der Waals surface area contributed by atoms with Crippen LogP contribution in [0.4, 0.5) is 17.5 Å². The Morgan fingerprint density at radius 2 is 1.79 bits per heavy atom. The Hall–Kier alpha value is -2.87. The molecule has 1 heterocycles. The van der Waals surface area contributed by atoms with Gasteiger partial charge in [0.15, 0.2) is 0 Å². The van der Waals surface area contributed by atoms with Crippen LogP contribution in [-0.2, 0) is 10.0 Å². The number of sulfonamides is 1. The maximum absolute atomic E-state index is 11.8. The number of hydrogen-bond acceptors (Lipinski definition) is 6. The number of fused-ring (bicyclic) bond motifs is 1. The van der Waals surface area contributed by atoms with Crippen molar-refractivity contribution in [2.75, 3.05) is 22.0 Å². The highest BCUT2D eigenvalue weighted by Crippen LogP contribution is 2.33. The van der Waals surface area contributed by atoms with Gasteiger partial charge in [0.2, 0.25) is 16.0 Å². The zero-order valence-corrected chi connectivity index (χ0v) is 17.2. The van der Waals surface area contributed by atoms with Crippen LogP contribution < -0.4 is 15.8 Å². The molecule has 4 N–H and O–H groups in total. The number of nitrogens with zero attached hydrogens (tertiary/aromatic N) is 2. The second kappa shape index (κ2) is 7.87. The van der Waals surface area contributed by atoms with Crippen LogP contribution in [0, 0.1) is 0 Å². The molecule has 1 saturated carbocycles. The molecule has 0 spiro atoms. The van der Waals surface area contributed by atoms with E-state index in [9.17, 15) is 8.42 Å². The summed E-state index contributed by atoms with van der Waals surface area (Å²) in [5.74, 6) is 0.970.